The molecule has 0 atom stereocenters. The third-order valence-corrected chi connectivity index (χ3v) is 6.13. The van der Waals surface area contributed by atoms with Crippen molar-refractivity contribution in [2.24, 2.45) is 0 Å². The molecular weight excluding hydrogens is 514 g/mol. The summed E-state index contributed by atoms with van der Waals surface area (Å²) in [5.41, 5.74) is 1.57. The van der Waals surface area contributed by atoms with Crippen molar-refractivity contribution in [3.63, 3.8) is 0 Å². The Morgan fingerprint density at radius 1 is 1.22 bits per heavy atom. The molecule has 0 bridgehead atoms. The molecule has 1 saturated heterocycles. The lowest BCUT2D eigenvalue weighted by Crippen LogP contribution is -2.27. The highest BCUT2D eigenvalue weighted by Crippen LogP contribution is 2.40. The average molecular weight is 529 g/mol. The van der Waals surface area contributed by atoms with E-state index in [1.54, 1.807) is 12.0 Å². The Kier molecular flexibility index (Phi) is 6.62. The highest BCUT2D eigenvalue weighted by molar-refractivity contribution is 9.10. The van der Waals surface area contributed by atoms with Gasteiger partial charge in [-0.05, 0) is 70.9 Å². The summed E-state index contributed by atoms with van der Waals surface area (Å²) in [4.78, 5) is 15.0. The Morgan fingerprint density at radius 2 is 1.93 bits per heavy atom. The highest BCUT2D eigenvalue weighted by Gasteiger charge is 2.33. The van der Waals surface area contributed by atoms with E-state index in [0.717, 1.165) is 20.2 Å². The first-order valence-electron chi connectivity index (χ1n) is 7.98. The van der Waals surface area contributed by atoms with Gasteiger partial charge in [0, 0.05) is 4.47 Å². The summed E-state index contributed by atoms with van der Waals surface area (Å²) in [5, 5.41) is 0. The summed E-state index contributed by atoms with van der Waals surface area (Å²) in [5.74, 6) is 1.10. The van der Waals surface area contributed by atoms with Crippen LogP contribution in [0.25, 0.3) is 6.08 Å². The minimum atomic E-state index is -0.141. The van der Waals surface area contributed by atoms with Crippen LogP contribution in [-0.2, 0) is 4.79 Å². The van der Waals surface area contributed by atoms with Gasteiger partial charge < -0.3 is 9.47 Å². The first-order valence-corrected chi connectivity index (χ1v) is 10.8. The molecule has 0 N–H and O–H groups in total. The van der Waals surface area contributed by atoms with Crippen molar-refractivity contribution in [1.82, 2.24) is 0 Å². The number of rotatable bonds is 5. The summed E-state index contributed by atoms with van der Waals surface area (Å²) < 4.78 is 13.2. The molecule has 0 unspecified atom stereocenters. The largest absolute Gasteiger partial charge is 0.492 e. The van der Waals surface area contributed by atoms with Crippen LogP contribution in [0.4, 0.5) is 5.69 Å². The van der Waals surface area contributed by atoms with Gasteiger partial charge in [0.15, 0.2) is 15.8 Å². The maximum Gasteiger partial charge on any atom is 0.270 e. The van der Waals surface area contributed by atoms with Crippen molar-refractivity contribution in [1.29, 1.82) is 0 Å². The number of ether oxygens (including phenoxy) is 2. The maximum absolute atomic E-state index is 12.9. The zero-order valence-electron chi connectivity index (χ0n) is 14.5. The number of hydrogen-bond donors (Lipinski definition) is 0. The van der Waals surface area contributed by atoms with Crippen LogP contribution in [0.1, 0.15) is 12.5 Å². The summed E-state index contributed by atoms with van der Waals surface area (Å²) >= 11 is 13.6. The molecular formula is C19H15Br2NO3S2. The van der Waals surface area contributed by atoms with Crippen molar-refractivity contribution in [3.05, 3.63) is 55.8 Å². The first-order chi connectivity index (χ1) is 12.9. The standard InChI is InChI=1S/C19H15Br2NO3S2/c1-3-25-15-9-11(8-14(21)17(15)24-2)10-16-18(23)22(19(26)27-16)13-6-4-12(20)5-7-13/h4-10H,3H2,1-2H3/b16-10+. The summed E-state index contributed by atoms with van der Waals surface area (Å²) in [6, 6.07) is 11.2. The van der Waals surface area contributed by atoms with E-state index in [2.05, 4.69) is 31.9 Å². The lowest BCUT2D eigenvalue weighted by atomic mass is 10.1. The van der Waals surface area contributed by atoms with E-state index in [-0.39, 0.29) is 5.91 Å². The van der Waals surface area contributed by atoms with Crippen LogP contribution in [0.3, 0.4) is 0 Å². The van der Waals surface area contributed by atoms with Gasteiger partial charge in [-0.1, -0.05) is 39.9 Å². The molecule has 1 aliphatic heterocycles. The minimum Gasteiger partial charge on any atom is -0.492 e. The summed E-state index contributed by atoms with van der Waals surface area (Å²) in [6.07, 6.45) is 1.81. The zero-order chi connectivity index (χ0) is 19.6. The molecule has 2 aromatic carbocycles. The zero-order valence-corrected chi connectivity index (χ0v) is 19.3. The molecule has 0 radical (unpaired) electrons. The van der Waals surface area contributed by atoms with Gasteiger partial charge in [0.05, 0.1) is 28.8 Å². The van der Waals surface area contributed by atoms with E-state index in [4.69, 9.17) is 21.7 Å². The highest BCUT2D eigenvalue weighted by atomic mass is 79.9. The van der Waals surface area contributed by atoms with E-state index in [1.165, 1.54) is 11.8 Å². The monoisotopic (exact) mass is 527 g/mol. The summed E-state index contributed by atoms with van der Waals surface area (Å²) in [6.45, 7) is 2.42. The molecule has 3 rings (SSSR count). The van der Waals surface area contributed by atoms with E-state index in [0.29, 0.717) is 27.3 Å². The number of methoxy groups -OCH3 is 1. The van der Waals surface area contributed by atoms with Gasteiger partial charge in [0.25, 0.3) is 5.91 Å². The van der Waals surface area contributed by atoms with Crippen LogP contribution < -0.4 is 14.4 Å². The molecule has 8 heteroatoms. The molecule has 0 aromatic heterocycles. The van der Waals surface area contributed by atoms with Crippen molar-refractivity contribution < 1.29 is 14.3 Å². The van der Waals surface area contributed by atoms with Crippen molar-refractivity contribution >= 4 is 77.8 Å². The minimum absolute atomic E-state index is 0.141. The molecule has 0 aliphatic carbocycles. The van der Waals surface area contributed by atoms with Gasteiger partial charge in [0.2, 0.25) is 0 Å². The van der Waals surface area contributed by atoms with Crippen molar-refractivity contribution in [2.75, 3.05) is 18.6 Å². The molecule has 0 spiro atoms. The second kappa shape index (κ2) is 8.77. The lowest BCUT2D eigenvalue weighted by molar-refractivity contribution is -0.113. The van der Waals surface area contributed by atoms with Gasteiger partial charge in [0.1, 0.15) is 0 Å². The van der Waals surface area contributed by atoms with E-state index in [9.17, 15) is 4.79 Å². The maximum atomic E-state index is 12.9. The molecule has 1 aliphatic rings. The molecule has 27 heavy (non-hydrogen) atoms. The topological polar surface area (TPSA) is 38.8 Å². The molecule has 1 amide bonds. The Balaban J connectivity index is 1.95. The molecule has 1 fully saturated rings. The Labute approximate surface area is 184 Å². The van der Waals surface area contributed by atoms with Crippen LogP contribution in [0, 0.1) is 0 Å². The van der Waals surface area contributed by atoms with Gasteiger partial charge in [-0.25, -0.2) is 0 Å². The smallest absolute Gasteiger partial charge is 0.270 e. The number of anilines is 1. The van der Waals surface area contributed by atoms with E-state index < -0.39 is 0 Å². The van der Waals surface area contributed by atoms with Gasteiger partial charge in [-0.15, -0.1) is 0 Å². The number of thiocarbonyl (C=S) groups is 1. The van der Waals surface area contributed by atoms with Crippen LogP contribution in [-0.4, -0.2) is 23.9 Å². The van der Waals surface area contributed by atoms with Gasteiger partial charge in [-0.3, -0.25) is 9.69 Å². The number of amides is 1. The lowest BCUT2D eigenvalue weighted by Gasteiger charge is -2.14. The number of carbonyl (C=O) groups excluding carboxylic acids is 1. The third kappa shape index (κ3) is 4.39. The summed E-state index contributed by atoms with van der Waals surface area (Å²) in [7, 11) is 1.59. The van der Waals surface area contributed by atoms with Gasteiger partial charge in [-0.2, -0.15) is 0 Å². The predicted octanol–water partition coefficient (Wildman–Crippen LogP) is 6.02. The van der Waals surface area contributed by atoms with Crippen LogP contribution in [0.5, 0.6) is 11.5 Å². The number of hydrogen-bond acceptors (Lipinski definition) is 5. The van der Waals surface area contributed by atoms with Crippen LogP contribution in [0.15, 0.2) is 50.2 Å². The second-order valence-corrected chi connectivity index (χ2v) is 8.91. The van der Waals surface area contributed by atoms with Crippen molar-refractivity contribution in [2.45, 2.75) is 6.92 Å². The van der Waals surface area contributed by atoms with Crippen molar-refractivity contribution in [3.8, 4) is 11.5 Å². The number of thioether (sulfide) groups is 1. The predicted molar refractivity (Wildman–Crippen MR) is 122 cm³/mol. The van der Waals surface area contributed by atoms with Crippen LogP contribution >= 0.6 is 55.8 Å². The molecule has 2 aromatic rings. The van der Waals surface area contributed by atoms with Gasteiger partial charge >= 0.3 is 0 Å². The quantitative estimate of drug-likeness (QED) is 0.350. The normalized spacial score (nSPS) is 15.6. The number of halogens is 2. The Morgan fingerprint density at radius 3 is 2.56 bits per heavy atom. The fourth-order valence-electron chi connectivity index (χ4n) is 2.56. The van der Waals surface area contributed by atoms with E-state index >= 15 is 0 Å². The molecule has 0 saturated carbocycles. The Hall–Kier alpha value is -1.35. The molecule has 1 heterocycles. The number of nitrogens with zero attached hydrogens (tertiary/aromatic N) is 1. The average Bonchev–Trinajstić information content (AvgIpc) is 2.90. The Bertz CT molecular complexity index is 929. The first kappa shape index (κ1) is 20.4. The molecule has 4 nitrogen and oxygen atoms in total. The third-order valence-electron chi connectivity index (χ3n) is 3.71. The van der Waals surface area contributed by atoms with E-state index in [1.807, 2.05) is 49.4 Å². The van der Waals surface area contributed by atoms with Crippen LogP contribution in [0.2, 0.25) is 0 Å². The number of carbonyl (C=O) groups is 1. The molecule has 140 valence electrons. The second-order valence-electron chi connectivity index (χ2n) is 5.46. The number of benzene rings is 2. The SMILES string of the molecule is CCOc1cc(/C=C2/SC(=S)N(c3ccc(Br)cc3)C2=O)cc(Br)c1OC. The fraction of sp³-hybridized carbons (Fsp3) is 0.158. The fourth-order valence-corrected chi connectivity index (χ4v) is 4.75.